The van der Waals surface area contributed by atoms with Gasteiger partial charge >= 0.3 is 5.97 Å². The summed E-state index contributed by atoms with van der Waals surface area (Å²) in [7, 11) is -3.91. The van der Waals surface area contributed by atoms with E-state index < -0.39 is 21.7 Å². The van der Waals surface area contributed by atoms with Crippen molar-refractivity contribution in [1.82, 2.24) is 19.3 Å². The predicted molar refractivity (Wildman–Crippen MR) is 119 cm³/mol. The molecule has 2 aromatic heterocycles. The lowest BCUT2D eigenvalue weighted by atomic mass is 10.1. The molecule has 3 heterocycles. The summed E-state index contributed by atoms with van der Waals surface area (Å²) in [5.74, 6) is -1.74. The maximum Gasteiger partial charge on any atom is 0.320 e. The number of pyridine rings is 1. The Labute approximate surface area is 188 Å². The Morgan fingerprint density at radius 3 is 2.84 bits per heavy atom. The number of hydrogen-bond acceptors (Lipinski definition) is 6. The van der Waals surface area contributed by atoms with Crippen molar-refractivity contribution in [2.45, 2.75) is 18.9 Å². The summed E-state index contributed by atoms with van der Waals surface area (Å²) in [6.45, 7) is 0.754. The van der Waals surface area contributed by atoms with E-state index in [1.54, 1.807) is 18.6 Å². The zero-order chi connectivity index (χ0) is 22.2. The van der Waals surface area contributed by atoms with Crippen LogP contribution in [-0.4, -0.2) is 58.9 Å². The molecule has 1 aliphatic rings. The number of hydrogen-bond donors (Lipinski definition) is 2. The molecule has 4 rings (SSSR count). The van der Waals surface area contributed by atoms with Gasteiger partial charge in [-0.2, -0.15) is 0 Å². The smallest absolute Gasteiger partial charge is 0.320 e. The molecule has 31 heavy (non-hydrogen) atoms. The largest absolute Gasteiger partial charge is 0.480 e. The molecule has 0 spiro atoms. The average Bonchev–Trinajstić information content (AvgIpc) is 3.39. The molecule has 1 saturated heterocycles. The number of anilines is 1. The van der Waals surface area contributed by atoms with Crippen LogP contribution in [0.2, 0.25) is 10.0 Å². The van der Waals surface area contributed by atoms with Gasteiger partial charge in [-0.05, 0) is 25.0 Å². The van der Waals surface area contributed by atoms with Gasteiger partial charge in [-0.1, -0.05) is 23.2 Å². The lowest BCUT2D eigenvalue weighted by molar-refractivity contribution is -0.134. The second-order valence-electron chi connectivity index (χ2n) is 7.22. The molecular weight excluding hydrogens is 465 g/mol. The van der Waals surface area contributed by atoms with Crippen molar-refractivity contribution in [1.29, 1.82) is 0 Å². The summed E-state index contributed by atoms with van der Waals surface area (Å²) in [6.07, 6.45) is 6.72. The van der Waals surface area contributed by atoms with E-state index in [0.29, 0.717) is 27.9 Å². The van der Waals surface area contributed by atoms with Crippen LogP contribution < -0.4 is 9.62 Å². The van der Waals surface area contributed by atoms with Gasteiger partial charge in [0.15, 0.2) is 5.75 Å². The zero-order valence-corrected chi connectivity index (χ0v) is 18.5. The van der Waals surface area contributed by atoms with Gasteiger partial charge in [-0.15, -0.1) is 0 Å². The van der Waals surface area contributed by atoms with Crippen LogP contribution in [-0.2, 0) is 14.8 Å². The van der Waals surface area contributed by atoms with Gasteiger partial charge in [0.1, 0.15) is 5.82 Å². The molecule has 0 radical (unpaired) electrons. The van der Waals surface area contributed by atoms with Crippen molar-refractivity contribution in [3.05, 3.63) is 47.0 Å². The Hall–Kier alpha value is -2.40. The summed E-state index contributed by atoms with van der Waals surface area (Å²) in [5.41, 5.74) is 1.35. The first kappa shape index (κ1) is 21.8. The fraction of sp³-hybridized carbons (Fsp3) is 0.316. The van der Waals surface area contributed by atoms with Crippen molar-refractivity contribution in [3.8, 4) is 5.69 Å². The van der Waals surface area contributed by atoms with Gasteiger partial charge in [0.05, 0.1) is 27.6 Å². The molecule has 164 valence electrons. The Kier molecular flexibility index (Phi) is 6.07. The number of fused-ring (bicyclic) bond motifs is 1. The third-order valence-corrected chi connectivity index (χ3v) is 7.17. The normalized spacial score (nSPS) is 16.8. The Bertz CT molecular complexity index is 1230. The minimum absolute atomic E-state index is 0.0824. The number of aliphatic carboxylic acids is 1. The molecule has 0 saturated carbocycles. The van der Waals surface area contributed by atoms with Crippen LogP contribution in [0.15, 0.2) is 36.9 Å². The van der Waals surface area contributed by atoms with E-state index in [0.717, 1.165) is 23.9 Å². The molecule has 1 atom stereocenters. The van der Waals surface area contributed by atoms with Crippen LogP contribution >= 0.6 is 23.2 Å². The van der Waals surface area contributed by atoms with Crippen molar-refractivity contribution in [3.63, 3.8) is 0 Å². The van der Waals surface area contributed by atoms with Crippen LogP contribution in [0.25, 0.3) is 16.6 Å². The molecular formula is C19H19Cl2N5O4S. The summed E-state index contributed by atoms with van der Waals surface area (Å²) in [4.78, 5) is 21.6. The van der Waals surface area contributed by atoms with E-state index in [1.807, 2.05) is 27.8 Å². The van der Waals surface area contributed by atoms with Gasteiger partial charge in [-0.3, -0.25) is 4.79 Å². The lowest BCUT2D eigenvalue weighted by Gasteiger charge is -2.27. The number of aromatic nitrogens is 3. The van der Waals surface area contributed by atoms with Crippen LogP contribution in [0.1, 0.15) is 12.8 Å². The maximum absolute atomic E-state index is 11.9. The number of imidazole rings is 1. The summed E-state index contributed by atoms with van der Waals surface area (Å²) >= 11 is 12.7. The second-order valence-corrected chi connectivity index (χ2v) is 9.81. The molecule has 2 N–H and O–H groups in total. The van der Waals surface area contributed by atoms with Crippen LogP contribution in [0.3, 0.4) is 0 Å². The Morgan fingerprint density at radius 1 is 1.32 bits per heavy atom. The lowest BCUT2D eigenvalue weighted by Crippen LogP contribution is -2.42. The number of nitrogens with zero attached hydrogens (tertiary/aromatic N) is 4. The highest BCUT2D eigenvalue weighted by molar-refractivity contribution is 7.90. The maximum atomic E-state index is 11.9. The first-order valence-electron chi connectivity index (χ1n) is 9.48. The molecule has 9 nitrogen and oxygen atoms in total. The van der Waals surface area contributed by atoms with Gasteiger partial charge in [0.2, 0.25) is 10.0 Å². The minimum Gasteiger partial charge on any atom is -0.480 e. The highest BCUT2D eigenvalue weighted by Crippen LogP contribution is 2.36. The highest BCUT2D eigenvalue weighted by atomic mass is 35.5. The third-order valence-electron chi connectivity index (χ3n) is 5.14. The number of sulfonamides is 1. The summed E-state index contributed by atoms with van der Waals surface area (Å²) < 4.78 is 28.1. The monoisotopic (exact) mass is 483 g/mol. The van der Waals surface area contributed by atoms with E-state index in [2.05, 4.69) is 9.71 Å². The predicted octanol–water partition coefficient (Wildman–Crippen LogP) is 2.70. The number of carboxylic acids is 1. The first-order valence-corrected chi connectivity index (χ1v) is 11.9. The zero-order valence-electron chi connectivity index (χ0n) is 16.2. The molecule has 1 fully saturated rings. The Morgan fingerprint density at radius 2 is 2.13 bits per heavy atom. The fourth-order valence-electron chi connectivity index (χ4n) is 3.75. The van der Waals surface area contributed by atoms with Crippen molar-refractivity contribution >= 4 is 55.9 Å². The van der Waals surface area contributed by atoms with Crippen molar-refractivity contribution < 1.29 is 18.3 Å². The summed E-state index contributed by atoms with van der Waals surface area (Å²) in [6, 6.07) is 5.28. The van der Waals surface area contributed by atoms with Gasteiger partial charge < -0.3 is 14.6 Å². The van der Waals surface area contributed by atoms with E-state index in [-0.39, 0.29) is 12.6 Å². The number of halogens is 2. The first-order chi connectivity index (χ1) is 14.7. The minimum atomic E-state index is -3.91. The van der Waals surface area contributed by atoms with Crippen LogP contribution in [0.5, 0.6) is 0 Å². The van der Waals surface area contributed by atoms with E-state index >= 15 is 0 Å². The SMILES string of the molecule is O=C(O)CS(=O)(=O)NC[C@@H]1CCCN1c1cc(-n2ccnc2)c2ccc(Cl)c(Cl)c2n1. The number of rotatable bonds is 7. The summed E-state index contributed by atoms with van der Waals surface area (Å²) in [5, 5.41) is 10.3. The molecule has 0 aliphatic carbocycles. The average molecular weight is 484 g/mol. The second kappa shape index (κ2) is 8.62. The van der Waals surface area contributed by atoms with Gasteiger partial charge in [0, 0.05) is 43.0 Å². The topological polar surface area (TPSA) is 117 Å². The fourth-order valence-corrected chi connectivity index (χ4v) is 4.98. The number of nitrogens with one attached hydrogen (secondary N) is 1. The van der Waals surface area contributed by atoms with Crippen molar-refractivity contribution in [2.75, 3.05) is 23.7 Å². The van der Waals surface area contributed by atoms with Crippen LogP contribution in [0, 0.1) is 0 Å². The standard InChI is InChI=1S/C19H19Cl2N5O4S/c20-14-4-3-13-15(25-7-5-22-11-25)8-16(24-19(13)18(14)21)26-6-1-2-12(26)9-23-31(29,30)10-17(27)28/h3-5,7-8,11-12,23H,1-2,6,9-10H2,(H,27,28)/t12-/m0/s1. The van der Waals surface area contributed by atoms with Crippen LogP contribution in [0.4, 0.5) is 5.82 Å². The molecule has 3 aromatic rings. The number of benzene rings is 1. The molecule has 12 heteroatoms. The van der Waals surface area contributed by atoms with Gasteiger partial charge in [0.25, 0.3) is 0 Å². The Balaban J connectivity index is 1.71. The molecule has 0 bridgehead atoms. The molecule has 0 unspecified atom stereocenters. The van der Waals surface area contributed by atoms with Gasteiger partial charge in [-0.25, -0.2) is 23.1 Å². The molecule has 1 aliphatic heterocycles. The van der Waals surface area contributed by atoms with E-state index in [1.165, 1.54) is 0 Å². The van der Waals surface area contributed by atoms with E-state index in [9.17, 15) is 13.2 Å². The molecule has 1 aromatic carbocycles. The number of carboxylic acid groups (broad SMARTS) is 1. The third kappa shape index (κ3) is 4.62. The van der Waals surface area contributed by atoms with E-state index in [4.69, 9.17) is 33.3 Å². The molecule has 0 amide bonds. The highest BCUT2D eigenvalue weighted by Gasteiger charge is 2.28. The van der Waals surface area contributed by atoms with Crippen molar-refractivity contribution in [2.24, 2.45) is 0 Å². The number of carbonyl (C=O) groups is 1. The quantitative estimate of drug-likeness (QED) is 0.530.